The van der Waals surface area contributed by atoms with Gasteiger partial charge in [0.15, 0.2) is 0 Å². The normalized spacial score (nSPS) is 16.8. The first-order valence-corrected chi connectivity index (χ1v) is 25.7. The number of likely N-dealkylation sites (tertiary alicyclic amines) is 2. The molecule has 0 saturated carbocycles. The summed E-state index contributed by atoms with van der Waals surface area (Å²) >= 11 is 0. The first kappa shape index (κ1) is 48.6. The third-order valence-electron chi connectivity index (χ3n) is 14.8. The van der Waals surface area contributed by atoms with Crippen molar-refractivity contribution in [3.8, 4) is 17.2 Å². The highest BCUT2D eigenvalue weighted by molar-refractivity contribution is 5.91. The molecule has 3 atom stereocenters. The fourth-order valence-electron chi connectivity index (χ4n) is 11.3. The van der Waals surface area contributed by atoms with E-state index in [2.05, 4.69) is 112 Å². The second-order valence-electron chi connectivity index (χ2n) is 19.2. The zero-order valence-electron chi connectivity index (χ0n) is 40.9. The minimum absolute atomic E-state index is 0.0289. The van der Waals surface area contributed by atoms with E-state index >= 15 is 0 Å². The van der Waals surface area contributed by atoms with Gasteiger partial charge in [-0.25, -0.2) is 4.39 Å². The molecule has 72 heavy (non-hydrogen) atoms. The highest BCUT2D eigenvalue weighted by Crippen LogP contribution is 2.43. The molecule has 366 valence electrons. The quantitative estimate of drug-likeness (QED) is 0.133. The SMILES string of the molecule is Oc1c(C(c2ccc(F)cc2)N2CCCC2)ccc2ccccc12.Oc1ccc2ccccc2c1C(c1ccccc1)N1CCCCC1.Oc1ccc2ccccc2c1C(c1ccccc1)N1CCOCC1. The van der Waals surface area contributed by atoms with Crippen molar-refractivity contribution >= 4 is 32.3 Å². The number of fused-ring (bicyclic) bond motifs is 3. The molecular formula is C64H64FN3O4. The molecule has 0 amide bonds. The van der Waals surface area contributed by atoms with E-state index in [1.54, 1.807) is 0 Å². The summed E-state index contributed by atoms with van der Waals surface area (Å²) in [4.78, 5) is 7.30. The Morgan fingerprint density at radius 3 is 1.26 bits per heavy atom. The maximum atomic E-state index is 13.4. The summed E-state index contributed by atoms with van der Waals surface area (Å²) in [6.07, 6.45) is 6.08. The molecular weight excluding hydrogens is 894 g/mol. The number of halogens is 1. The van der Waals surface area contributed by atoms with Crippen molar-refractivity contribution in [1.29, 1.82) is 0 Å². The lowest BCUT2D eigenvalue weighted by atomic mass is 9.90. The number of morpholine rings is 1. The van der Waals surface area contributed by atoms with Crippen LogP contribution in [0.4, 0.5) is 4.39 Å². The van der Waals surface area contributed by atoms with Crippen LogP contribution in [0, 0.1) is 5.82 Å². The third-order valence-corrected chi connectivity index (χ3v) is 14.8. The van der Waals surface area contributed by atoms with Gasteiger partial charge in [-0.2, -0.15) is 0 Å². The molecule has 3 fully saturated rings. The molecule has 12 rings (SSSR count). The highest BCUT2D eigenvalue weighted by Gasteiger charge is 2.31. The summed E-state index contributed by atoms with van der Waals surface area (Å²) in [7, 11) is 0. The molecule has 0 aliphatic carbocycles. The Hall–Kier alpha value is -7.07. The largest absolute Gasteiger partial charge is 0.508 e. The number of hydrogen-bond donors (Lipinski definition) is 3. The number of benzene rings is 9. The molecule has 0 radical (unpaired) electrons. The van der Waals surface area contributed by atoms with Gasteiger partial charge in [0.05, 0.1) is 31.3 Å². The number of ether oxygens (including phenoxy) is 1. The molecule has 3 N–H and O–H groups in total. The first-order chi connectivity index (χ1) is 35.4. The van der Waals surface area contributed by atoms with Gasteiger partial charge in [-0.05, 0) is 120 Å². The molecule has 7 nitrogen and oxygen atoms in total. The van der Waals surface area contributed by atoms with Gasteiger partial charge in [-0.3, -0.25) is 14.7 Å². The smallest absolute Gasteiger partial charge is 0.128 e. The van der Waals surface area contributed by atoms with Gasteiger partial charge in [0.25, 0.3) is 0 Å². The van der Waals surface area contributed by atoms with Gasteiger partial charge in [0, 0.05) is 35.2 Å². The lowest BCUT2D eigenvalue weighted by molar-refractivity contribution is 0.0238. The van der Waals surface area contributed by atoms with Crippen molar-refractivity contribution in [1.82, 2.24) is 14.7 Å². The van der Waals surface area contributed by atoms with Crippen LogP contribution in [0.15, 0.2) is 194 Å². The fraction of sp³-hybridized carbons (Fsp3) is 0.250. The third kappa shape index (κ3) is 10.7. The van der Waals surface area contributed by atoms with E-state index in [9.17, 15) is 19.7 Å². The van der Waals surface area contributed by atoms with Crippen molar-refractivity contribution in [2.24, 2.45) is 0 Å². The maximum absolute atomic E-state index is 13.4. The first-order valence-electron chi connectivity index (χ1n) is 25.7. The lowest BCUT2D eigenvalue weighted by Gasteiger charge is -2.36. The molecule has 0 aromatic heterocycles. The molecule has 0 spiro atoms. The number of hydrogen-bond acceptors (Lipinski definition) is 7. The molecule has 9 aromatic carbocycles. The summed E-state index contributed by atoms with van der Waals surface area (Å²) in [5.74, 6) is 0.846. The van der Waals surface area contributed by atoms with E-state index in [-0.39, 0.29) is 23.9 Å². The monoisotopic (exact) mass is 957 g/mol. The molecule has 3 aliphatic rings. The van der Waals surface area contributed by atoms with Gasteiger partial charge < -0.3 is 20.1 Å². The molecule has 8 heteroatoms. The van der Waals surface area contributed by atoms with Gasteiger partial charge in [-0.15, -0.1) is 0 Å². The second-order valence-corrected chi connectivity index (χ2v) is 19.2. The average molecular weight is 958 g/mol. The predicted octanol–water partition coefficient (Wildman–Crippen LogP) is 14.0. The van der Waals surface area contributed by atoms with Crippen LogP contribution in [-0.2, 0) is 4.74 Å². The van der Waals surface area contributed by atoms with E-state index in [1.807, 2.05) is 84.9 Å². The van der Waals surface area contributed by atoms with Crippen molar-refractivity contribution in [2.45, 2.75) is 50.2 Å². The van der Waals surface area contributed by atoms with Gasteiger partial charge in [0.2, 0.25) is 0 Å². The van der Waals surface area contributed by atoms with Crippen LogP contribution >= 0.6 is 0 Å². The summed E-state index contributed by atoms with van der Waals surface area (Å²) in [5, 5.41) is 38.8. The topological polar surface area (TPSA) is 79.6 Å². The summed E-state index contributed by atoms with van der Waals surface area (Å²) < 4.78 is 18.9. The molecule has 3 unspecified atom stereocenters. The molecule has 9 aromatic rings. The second kappa shape index (κ2) is 23.0. The average Bonchev–Trinajstić information content (AvgIpc) is 3.98. The number of phenolic OH excluding ortho intramolecular Hbond substituents is 3. The van der Waals surface area contributed by atoms with Crippen LogP contribution in [0.2, 0.25) is 0 Å². The lowest BCUT2D eigenvalue weighted by Crippen LogP contribution is -2.39. The summed E-state index contributed by atoms with van der Waals surface area (Å²) in [5.41, 5.74) is 6.39. The van der Waals surface area contributed by atoms with Crippen molar-refractivity contribution in [3.05, 3.63) is 233 Å². The molecule has 3 aliphatic heterocycles. The Balaban J connectivity index is 0.000000124. The van der Waals surface area contributed by atoms with Gasteiger partial charge >= 0.3 is 0 Å². The van der Waals surface area contributed by atoms with Crippen molar-refractivity contribution < 1.29 is 24.4 Å². The van der Waals surface area contributed by atoms with Crippen molar-refractivity contribution in [2.75, 3.05) is 52.5 Å². The van der Waals surface area contributed by atoms with E-state index in [0.29, 0.717) is 17.2 Å². The Labute approximate surface area is 423 Å². The number of phenols is 3. The van der Waals surface area contributed by atoms with E-state index < -0.39 is 0 Å². The summed E-state index contributed by atoms with van der Waals surface area (Å²) in [6, 6.07) is 64.0. The standard InChI is InChI=1S/C22H23NO.C21H20FNO.C21H21NO2/c24-20-14-13-17-9-5-6-12-19(17)21(20)22(18-10-3-1-4-11-18)23-15-7-2-8-16-23;22-17-10-7-16(8-11-17)20(23-13-3-4-14-23)19-12-9-15-5-1-2-6-18(15)21(19)24;23-19-11-10-16-6-4-5-9-18(16)20(19)21(17-7-2-1-3-8-17)22-12-14-24-15-13-22/h1,3-6,9-14,22,24H,2,7-8,15-16H2;1-2,5-12,20,24H,3-4,13-14H2;1-11,21,23H,12-15H2. The molecule has 3 saturated heterocycles. The van der Waals surface area contributed by atoms with Crippen LogP contribution in [-0.4, -0.2) is 82.5 Å². The number of rotatable bonds is 9. The van der Waals surface area contributed by atoms with Crippen LogP contribution < -0.4 is 0 Å². The zero-order valence-corrected chi connectivity index (χ0v) is 40.9. The molecule has 0 bridgehead atoms. The Kier molecular flexibility index (Phi) is 15.5. The van der Waals surface area contributed by atoms with Gasteiger partial charge in [-0.1, -0.05) is 176 Å². The highest BCUT2D eigenvalue weighted by atomic mass is 19.1. The van der Waals surface area contributed by atoms with Crippen LogP contribution in [0.3, 0.4) is 0 Å². The Bertz CT molecular complexity index is 3040. The van der Waals surface area contributed by atoms with Crippen LogP contribution in [0.1, 0.15) is 83.6 Å². The zero-order chi connectivity index (χ0) is 49.2. The fourth-order valence-corrected chi connectivity index (χ4v) is 11.3. The maximum Gasteiger partial charge on any atom is 0.128 e. The number of nitrogens with zero attached hydrogens (tertiary/aromatic N) is 3. The Morgan fingerprint density at radius 1 is 0.361 bits per heavy atom. The number of piperidine rings is 1. The van der Waals surface area contributed by atoms with E-state index in [1.165, 1.54) is 47.9 Å². The summed E-state index contributed by atoms with van der Waals surface area (Å²) in [6.45, 7) is 7.35. The Morgan fingerprint density at radius 2 is 0.750 bits per heavy atom. The minimum atomic E-state index is -0.235. The van der Waals surface area contributed by atoms with E-state index in [0.717, 1.165) is 115 Å². The number of aromatic hydroxyl groups is 3. The van der Waals surface area contributed by atoms with Crippen LogP contribution in [0.5, 0.6) is 17.2 Å². The minimum Gasteiger partial charge on any atom is -0.508 e. The van der Waals surface area contributed by atoms with Gasteiger partial charge in [0.1, 0.15) is 23.1 Å². The van der Waals surface area contributed by atoms with Crippen molar-refractivity contribution in [3.63, 3.8) is 0 Å². The van der Waals surface area contributed by atoms with E-state index in [4.69, 9.17) is 4.74 Å². The molecule has 3 heterocycles. The van der Waals surface area contributed by atoms with Crippen LogP contribution in [0.25, 0.3) is 32.3 Å². The predicted molar refractivity (Wildman–Crippen MR) is 290 cm³/mol.